The van der Waals surface area contributed by atoms with E-state index < -0.39 is 0 Å². The van der Waals surface area contributed by atoms with Gasteiger partial charge in [-0.15, -0.1) is 0 Å². The zero-order valence-electron chi connectivity index (χ0n) is 15.6. The summed E-state index contributed by atoms with van der Waals surface area (Å²) < 4.78 is 0. The second-order valence-electron chi connectivity index (χ2n) is 6.60. The molecule has 0 saturated heterocycles. The van der Waals surface area contributed by atoms with Gasteiger partial charge in [0.15, 0.2) is 5.82 Å². The third kappa shape index (κ3) is 3.99. The molecule has 0 aliphatic rings. The second kappa shape index (κ2) is 7.88. The molecule has 0 bridgehead atoms. The lowest BCUT2D eigenvalue weighted by Gasteiger charge is -2.10. The number of aromatic nitrogens is 2. The van der Waals surface area contributed by atoms with Crippen molar-refractivity contribution >= 4 is 28.3 Å². The van der Waals surface area contributed by atoms with E-state index in [0.717, 1.165) is 33.7 Å². The number of nitrogen functional groups attached to an aromatic ring is 1. The van der Waals surface area contributed by atoms with E-state index in [9.17, 15) is 0 Å². The molecule has 138 valence electrons. The van der Waals surface area contributed by atoms with Crippen LogP contribution in [0.3, 0.4) is 0 Å². The van der Waals surface area contributed by atoms with Crippen LogP contribution in [0.15, 0.2) is 84.0 Å². The second-order valence-corrected chi connectivity index (χ2v) is 6.60. The first kappa shape index (κ1) is 17.7. The van der Waals surface area contributed by atoms with Crippen molar-refractivity contribution in [1.82, 2.24) is 9.97 Å². The van der Waals surface area contributed by atoms with Crippen LogP contribution in [-0.2, 0) is 6.42 Å². The molecule has 5 heteroatoms. The predicted molar refractivity (Wildman–Crippen MR) is 115 cm³/mol. The maximum Gasteiger partial charge on any atom is 0.169 e. The number of rotatable bonds is 5. The first-order valence-corrected chi connectivity index (χ1v) is 9.15. The molecule has 0 unspecified atom stereocenters. The Bertz CT molecular complexity index is 1120. The first-order chi connectivity index (χ1) is 13.7. The molecule has 0 radical (unpaired) electrons. The Morgan fingerprint density at radius 3 is 2.21 bits per heavy atom. The monoisotopic (exact) mass is 367 g/mol. The van der Waals surface area contributed by atoms with E-state index in [1.54, 1.807) is 0 Å². The molecule has 0 amide bonds. The largest absolute Gasteiger partial charge is 0.399 e. The van der Waals surface area contributed by atoms with E-state index in [-0.39, 0.29) is 0 Å². The summed E-state index contributed by atoms with van der Waals surface area (Å²) in [6.07, 6.45) is 0.678. The molecule has 4 rings (SSSR count). The smallest absolute Gasteiger partial charge is 0.169 e. The lowest BCUT2D eigenvalue weighted by molar-refractivity contribution is 1.05. The van der Waals surface area contributed by atoms with Gasteiger partial charge >= 0.3 is 0 Å². The molecule has 0 aliphatic carbocycles. The van der Waals surface area contributed by atoms with E-state index in [4.69, 9.17) is 15.7 Å². The molecular weight excluding hydrogens is 346 g/mol. The quantitative estimate of drug-likeness (QED) is 0.306. The van der Waals surface area contributed by atoms with E-state index in [0.29, 0.717) is 12.2 Å². The molecule has 0 spiro atoms. The average Bonchev–Trinajstić information content (AvgIpc) is 2.73. The van der Waals surface area contributed by atoms with Crippen molar-refractivity contribution in [2.24, 2.45) is 5.10 Å². The van der Waals surface area contributed by atoms with Crippen LogP contribution in [0.5, 0.6) is 0 Å². The Kier molecular flexibility index (Phi) is 4.97. The van der Waals surface area contributed by atoms with E-state index in [2.05, 4.69) is 22.7 Å². The molecule has 1 heterocycles. The summed E-state index contributed by atoms with van der Waals surface area (Å²) in [5, 5.41) is 4.53. The van der Waals surface area contributed by atoms with Gasteiger partial charge < -0.3 is 5.73 Å². The molecule has 28 heavy (non-hydrogen) atoms. The van der Waals surface area contributed by atoms with Gasteiger partial charge in [0.25, 0.3) is 0 Å². The Morgan fingerprint density at radius 1 is 0.857 bits per heavy atom. The highest BCUT2D eigenvalue weighted by atomic mass is 15.3. The fourth-order valence-corrected chi connectivity index (χ4v) is 2.96. The maximum absolute atomic E-state index is 5.76. The van der Waals surface area contributed by atoms with Crippen molar-refractivity contribution in [3.8, 4) is 0 Å². The van der Waals surface area contributed by atoms with Gasteiger partial charge in [0, 0.05) is 12.1 Å². The minimum atomic E-state index is 0.664. The van der Waals surface area contributed by atoms with Crippen molar-refractivity contribution in [2.45, 2.75) is 13.3 Å². The van der Waals surface area contributed by atoms with E-state index in [1.165, 1.54) is 5.56 Å². The number of hydrazone groups is 1. The normalized spacial score (nSPS) is 11.5. The molecule has 0 fully saturated rings. The number of hydrogen-bond acceptors (Lipinski definition) is 5. The van der Waals surface area contributed by atoms with Gasteiger partial charge in [0.05, 0.1) is 22.4 Å². The number of anilines is 2. The number of nitrogens with one attached hydrogen (secondary N) is 1. The summed E-state index contributed by atoms with van der Waals surface area (Å²) in [5.74, 6) is 0.664. The molecule has 5 nitrogen and oxygen atoms in total. The Balaban J connectivity index is 1.68. The van der Waals surface area contributed by atoms with Gasteiger partial charge in [0.2, 0.25) is 0 Å². The van der Waals surface area contributed by atoms with E-state index >= 15 is 0 Å². The Labute approximate surface area is 164 Å². The van der Waals surface area contributed by atoms with Crippen molar-refractivity contribution in [2.75, 3.05) is 11.2 Å². The summed E-state index contributed by atoms with van der Waals surface area (Å²) in [6.45, 7) is 1.95. The third-order valence-corrected chi connectivity index (χ3v) is 4.52. The maximum atomic E-state index is 5.76. The van der Waals surface area contributed by atoms with Gasteiger partial charge in [-0.2, -0.15) is 5.10 Å². The van der Waals surface area contributed by atoms with Crippen LogP contribution < -0.4 is 11.2 Å². The molecule has 3 N–H and O–H groups in total. The highest BCUT2D eigenvalue weighted by Crippen LogP contribution is 2.20. The van der Waals surface area contributed by atoms with Crippen molar-refractivity contribution in [1.29, 1.82) is 0 Å². The summed E-state index contributed by atoms with van der Waals surface area (Å²) in [4.78, 5) is 9.57. The summed E-state index contributed by atoms with van der Waals surface area (Å²) in [7, 11) is 0. The van der Waals surface area contributed by atoms with Gasteiger partial charge in [-0.3, -0.25) is 5.43 Å². The number of benzene rings is 3. The molecule has 4 aromatic rings. The third-order valence-electron chi connectivity index (χ3n) is 4.52. The molecule has 1 aromatic heterocycles. The van der Waals surface area contributed by atoms with Crippen LogP contribution in [0, 0.1) is 0 Å². The summed E-state index contributed by atoms with van der Waals surface area (Å²) in [6, 6.07) is 25.7. The van der Waals surface area contributed by atoms with Crippen LogP contribution >= 0.6 is 0 Å². The number of fused-ring (bicyclic) bond motifs is 1. The van der Waals surface area contributed by atoms with Crippen LogP contribution in [0.4, 0.5) is 11.5 Å². The lowest BCUT2D eigenvalue weighted by Crippen LogP contribution is -2.06. The zero-order valence-corrected chi connectivity index (χ0v) is 15.6. The molecule has 3 aromatic carbocycles. The summed E-state index contributed by atoms with van der Waals surface area (Å²) in [5.41, 5.74) is 15.2. The molecule has 0 saturated carbocycles. The predicted octanol–water partition coefficient (Wildman–Crippen LogP) is 4.64. The highest BCUT2D eigenvalue weighted by Gasteiger charge is 2.10. The van der Waals surface area contributed by atoms with Crippen LogP contribution in [0.25, 0.3) is 11.0 Å². The van der Waals surface area contributed by atoms with Gasteiger partial charge in [-0.05, 0) is 42.3 Å². The van der Waals surface area contributed by atoms with E-state index in [1.807, 2.05) is 73.7 Å². The first-order valence-electron chi connectivity index (χ1n) is 9.15. The summed E-state index contributed by atoms with van der Waals surface area (Å²) >= 11 is 0. The Hall–Kier alpha value is -3.73. The van der Waals surface area contributed by atoms with Crippen LogP contribution in [0.1, 0.15) is 23.7 Å². The van der Waals surface area contributed by atoms with Gasteiger partial charge in [-0.1, -0.05) is 54.6 Å². The van der Waals surface area contributed by atoms with Crippen molar-refractivity contribution in [3.63, 3.8) is 0 Å². The average molecular weight is 367 g/mol. The SMILES string of the molecule is C/C(=N/Nc1nc2ccccc2nc1Cc1ccccc1)c1ccc(N)cc1. The molecule has 0 aliphatic heterocycles. The Morgan fingerprint density at radius 2 is 1.50 bits per heavy atom. The molecular formula is C23H21N5. The molecule has 0 atom stereocenters. The van der Waals surface area contributed by atoms with Gasteiger partial charge in [-0.25, -0.2) is 9.97 Å². The van der Waals surface area contributed by atoms with Crippen molar-refractivity contribution < 1.29 is 0 Å². The minimum Gasteiger partial charge on any atom is -0.399 e. The van der Waals surface area contributed by atoms with Crippen molar-refractivity contribution in [3.05, 3.63) is 95.7 Å². The fraction of sp³-hybridized carbons (Fsp3) is 0.0870. The standard InChI is InChI=1S/C23H21N5/c1-16(18-11-13-19(24)14-12-18)27-28-23-22(15-17-7-3-2-4-8-17)25-20-9-5-6-10-21(20)26-23/h2-14H,15,24H2,1H3,(H,26,28)/b27-16-. The topological polar surface area (TPSA) is 76.2 Å². The highest BCUT2D eigenvalue weighted by molar-refractivity contribution is 5.99. The van der Waals surface area contributed by atoms with Gasteiger partial charge in [0.1, 0.15) is 0 Å². The van der Waals surface area contributed by atoms with Crippen LogP contribution in [0.2, 0.25) is 0 Å². The fourth-order valence-electron chi connectivity index (χ4n) is 2.96. The number of nitrogens with two attached hydrogens (primary N) is 1. The minimum absolute atomic E-state index is 0.664. The number of hydrogen-bond donors (Lipinski definition) is 2. The number of para-hydroxylation sites is 2. The lowest BCUT2D eigenvalue weighted by atomic mass is 10.1. The van der Waals surface area contributed by atoms with Crippen LogP contribution in [-0.4, -0.2) is 15.7 Å². The zero-order chi connectivity index (χ0) is 19.3. The number of nitrogens with zero attached hydrogens (tertiary/aromatic N) is 3.